The predicted octanol–water partition coefficient (Wildman–Crippen LogP) is 2.53. The molecule has 0 atom stereocenters. The van der Waals surface area contributed by atoms with Gasteiger partial charge in [0.2, 0.25) is 5.43 Å². The van der Waals surface area contributed by atoms with Crippen molar-refractivity contribution in [2.45, 2.75) is 0 Å². The fourth-order valence-corrected chi connectivity index (χ4v) is 1.98. The molecule has 1 heterocycles. The number of rotatable bonds is 1. The molecule has 0 bridgehead atoms. The van der Waals surface area contributed by atoms with Crippen molar-refractivity contribution in [3.8, 4) is 0 Å². The van der Waals surface area contributed by atoms with E-state index >= 15 is 0 Å². The van der Waals surface area contributed by atoms with Crippen molar-refractivity contribution in [1.82, 2.24) is 4.98 Å². The molecule has 1 aromatic heterocycles. The number of pyridine rings is 1. The van der Waals surface area contributed by atoms with Gasteiger partial charge in [-0.2, -0.15) is 0 Å². The van der Waals surface area contributed by atoms with Crippen LogP contribution in [0.3, 0.4) is 0 Å². The second-order valence-electron chi connectivity index (χ2n) is 3.11. The molecule has 0 saturated carbocycles. The SMILES string of the molecule is O=C(O)c1c(Cl)[nH]c2cccc(Cl)c2c1=O. The lowest BCUT2D eigenvalue weighted by atomic mass is 10.1. The number of hydrogen-bond donors (Lipinski definition) is 2. The second kappa shape index (κ2) is 3.81. The van der Waals surface area contributed by atoms with Gasteiger partial charge in [-0.1, -0.05) is 29.3 Å². The number of aromatic amines is 1. The van der Waals surface area contributed by atoms with Crippen LogP contribution in [0.2, 0.25) is 10.2 Å². The quantitative estimate of drug-likeness (QED) is 0.772. The summed E-state index contributed by atoms with van der Waals surface area (Å²) < 4.78 is 0. The van der Waals surface area contributed by atoms with Gasteiger partial charge in [0.25, 0.3) is 0 Å². The number of aromatic nitrogens is 1. The molecule has 0 aliphatic rings. The lowest BCUT2D eigenvalue weighted by molar-refractivity contribution is 0.0695. The van der Waals surface area contributed by atoms with Crippen molar-refractivity contribution in [3.05, 3.63) is 44.2 Å². The molecular formula is C10H5Cl2NO3. The first kappa shape index (κ1) is 11.0. The zero-order chi connectivity index (χ0) is 11.9. The van der Waals surface area contributed by atoms with Gasteiger partial charge < -0.3 is 10.1 Å². The number of carboxylic acid groups (broad SMARTS) is 1. The Morgan fingerprint density at radius 1 is 1.31 bits per heavy atom. The average molecular weight is 258 g/mol. The number of benzene rings is 1. The molecule has 82 valence electrons. The smallest absolute Gasteiger partial charge is 0.342 e. The van der Waals surface area contributed by atoms with Crippen LogP contribution in [0.5, 0.6) is 0 Å². The molecular weight excluding hydrogens is 253 g/mol. The number of nitrogens with one attached hydrogen (secondary N) is 1. The van der Waals surface area contributed by atoms with E-state index in [2.05, 4.69) is 4.98 Å². The van der Waals surface area contributed by atoms with Crippen molar-refractivity contribution in [2.75, 3.05) is 0 Å². The molecule has 0 amide bonds. The molecule has 0 aliphatic heterocycles. The summed E-state index contributed by atoms with van der Waals surface area (Å²) in [5, 5.41) is 8.97. The third-order valence-corrected chi connectivity index (χ3v) is 2.74. The maximum atomic E-state index is 11.8. The van der Waals surface area contributed by atoms with Crippen LogP contribution in [-0.2, 0) is 0 Å². The van der Waals surface area contributed by atoms with Gasteiger partial charge in [0.15, 0.2) is 0 Å². The zero-order valence-electron chi connectivity index (χ0n) is 7.75. The first-order valence-corrected chi connectivity index (χ1v) is 5.01. The van der Waals surface area contributed by atoms with Crippen molar-refractivity contribution in [1.29, 1.82) is 0 Å². The molecule has 6 heteroatoms. The van der Waals surface area contributed by atoms with Crippen LogP contribution in [0.15, 0.2) is 23.0 Å². The number of halogens is 2. The van der Waals surface area contributed by atoms with Crippen LogP contribution in [0.25, 0.3) is 10.9 Å². The van der Waals surface area contributed by atoms with Gasteiger partial charge in [-0.25, -0.2) is 4.79 Å². The summed E-state index contributed by atoms with van der Waals surface area (Å²) in [5.41, 5.74) is -0.772. The van der Waals surface area contributed by atoms with Crippen LogP contribution >= 0.6 is 23.2 Å². The van der Waals surface area contributed by atoms with E-state index < -0.39 is 17.0 Å². The lowest BCUT2D eigenvalue weighted by Crippen LogP contribution is -2.16. The Hall–Kier alpha value is -1.52. The minimum absolute atomic E-state index is 0.131. The monoisotopic (exact) mass is 257 g/mol. The number of carbonyl (C=O) groups is 1. The van der Waals surface area contributed by atoms with Gasteiger partial charge >= 0.3 is 5.97 Å². The normalized spacial score (nSPS) is 10.6. The summed E-state index contributed by atoms with van der Waals surface area (Å²) in [5.74, 6) is -1.38. The Balaban J connectivity index is 3.03. The summed E-state index contributed by atoms with van der Waals surface area (Å²) in [4.78, 5) is 25.3. The molecule has 2 aromatic rings. The molecule has 0 aliphatic carbocycles. The Labute approximate surface area is 99.4 Å². The van der Waals surface area contributed by atoms with E-state index in [9.17, 15) is 9.59 Å². The zero-order valence-corrected chi connectivity index (χ0v) is 9.26. The third-order valence-electron chi connectivity index (χ3n) is 2.15. The first-order valence-electron chi connectivity index (χ1n) is 4.25. The largest absolute Gasteiger partial charge is 0.477 e. The Bertz CT molecular complexity index is 648. The van der Waals surface area contributed by atoms with Crippen LogP contribution in [0, 0.1) is 0 Å². The molecule has 4 nitrogen and oxygen atoms in total. The molecule has 2 N–H and O–H groups in total. The van der Waals surface area contributed by atoms with E-state index in [1.807, 2.05) is 0 Å². The summed E-state index contributed by atoms with van der Waals surface area (Å²) in [6.07, 6.45) is 0. The highest BCUT2D eigenvalue weighted by atomic mass is 35.5. The van der Waals surface area contributed by atoms with Crippen molar-refractivity contribution in [3.63, 3.8) is 0 Å². The van der Waals surface area contributed by atoms with Gasteiger partial charge in [-0.05, 0) is 12.1 Å². The molecule has 16 heavy (non-hydrogen) atoms. The second-order valence-corrected chi connectivity index (χ2v) is 3.90. The minimum Gasteiger partial charge on any atom is -0.477 e. The maximum absolute atomic E-state index is 11.8. The molecule has 1 aromatic carbocycles. The van der Waals surface area contributed by atoms with E-state index in [4.69, 9.17) is 28.3 Å². The number of hydrogen-bond acceptors (Lipinski definition) is 2. The Morgan fingerprint density at radius 3 is 2.62 bits per heavy atom. The van der Waals surface area contributed by atoms with E-state index in [-0.39, 0.29) is 15.6 Å². The van der Waals surface area contributed by atoms with Gasteiger partial charge in [-0.3, -0.25) is 4.79 Å². The summed E-state index contributed by atoms with van der Waals surface area (Å²) >= 11 is 11.5. The van der Waals surface area contributed by atoms with Gasteiger partial charge in [-0.15, -0.1) is 0 Å². The van der Waals surface area contributed by atoms with Crippen LogP contribution in [0.4, 0.5) is 0 Å². The minimum atomic E-state index is -1.38. The average Bonchev–Trinajstić information content (AvgIpc) is 2.15. The van der Waals surface area contributed by atoms with Crippen molar-refractivity contribution in [2.24, 2.45) is 0 Å². The fourth-order valence-electron chi connectivity index (χ4n) is 1.46. The molecule has 0 unspecified atom stereocenters. The third kappa shape index (κ3) is 1.56. The summed E-state index contributed by atoms with van der Waals surface area (Å²) in [6, 6.07) is 4.75. The number of H-pyrrole nitrogens is 1. The number of carboxylic acids is 1. The van der Waals surface area contributed by atoms with Gasteiger partial charge in [0.1, 0.15) is 10.7 Å². The molecule has 0 saturated heterocycles. The van der Waals surface area contributed by atoms with Crippen LogP contribution < -0.4 is 5.43 Å². The van der Waals surface area contributed by atoms with E-state index in [1.54, 1.807) is 12.1 Å². The lowest BCUT2D eigenvalue weighted by Gasteiger charge is -2.03. The highest BCUT2D eigenvalue weighted by Gasteiger charge is 2.18. The molecule has 2 rings (SSSR count). The van der Waals surface area contributed by atoms with Crippen molar-refractivity contribution < 1.29 is 9.90 Å². The van der Waals surface area contributed by atoms with Crippen LogP contribution in [0.1, 0.15) is 10.4 Å². The molecule has 0 fully saturated rings. The fraction of sp³-hybridized carbons (Fsp3) is 0. The highest BCUT2D eigenvalue weighted by Crippen LogP contribution is 2.22. The van der Waals surface area contributed by atoms with E-state index in [0.717, 1.165) is 0 Å². The first-order chi connectivity index (χ1) is 7.52. The Morgan fingerprint density at radius 2 is 2.00 bits per heavy atom. The van der Waals surface area contributed by atoms with Crippen LogP contribution in [-0.4, -0.2) is 16.1 Å². The maximum Gasteiger partial charge on any atom is 0.342 e. The topological polar surface area (TPSA) is 70.2 Å². The van der Waals surface area contributed by atoms with E-state index in [0.29, 0.717) is 5.52 Å². The van der Waals surface area contributed by atoms with Crippen molar-refractivity contribution >= 4 is 40.1 Å². The Kier molecular flexibility index (Phi) is 2.61. The summed E-state index contributed by atoms with van der Waals surface area (Å²) in [6.45, 7) is 0. The van der Waals surface area contributed by atoms with E-state index in [1.165, 1.54) is 6.07 Å². The molecule has 0 radical (unpaired) electrons. The predicted molar refractivity (Wildman–Crippen MR) is 61.5 cm³/mol. The number of aromatic carboxylic acids is 1. The molecule has 0 spiro atoms. The standard InChI is InChI=1S/C10H5Cl2NO3/c11-4-2-1-3-5-6(4)8(14)7(10(15)16)9(12)13-5/h1-3H,(H,13,14)(H,15,16). The highest BCUT2D eigenvalue weighted by molar-refractivity contribution is 6.36. The van der Waals surface area contributed by atoms with Gasteiger partial charge in [0, 0.05) is 0 Å². The summed E-state index contributed by atoms with van der Waals surface area (Å²) in [7, 11) is 0. The van der Waals surface area contributed by atoms with Gasteiger partial charge in [0.05, 0.1) is 15.9 Å². The number of fused-ring (bicyclic) bond motifs is 1.